The first-order valence-electron chi connectivity index (χ1n) is 5.91. The Bertz CT molecular complexity index is 297. The highest BCUT2D eigenvalue weighted by Crippen LogP contribution is 2.26. The van der Waals surface area contributed by atoms with E-state index in [1.54, 1.807) is 0 Å². The number of pyridine rings is 1. The van der Waals surface area contributed by atoms with Crippen molar-refractivity contribution in [3.05, 3.63) is 30.1 Å². The summed E-state index contributed by atoms with van der Waals surface area (Å²) in [5, 5.41) is 3.70. The van der Waals surface area contributed by atoms with Crippen molar-refractivity contribution in [3.63, 3.8) is 0 Å². The molecule has 1 aromatic heterocycles. The Kier molecular flexibility index (Phi) is 3.37. The van der Waals surface area contributed by atoms with Crippen molar-refractivity contribution >= 4 is 0 Å². The van der Waals surface area contributed by atoms with Gasteiger partial charge in [-0.05, 0) is 49.8 Å². The van der Waals surface area contributed by atoms with Crippen molar-refractivity contribution in [1.82, 2.24) is 10.3 Å². The summed E-state index contributed by atoms with van der Waals surface area (Å²) >= 11 is 0. The highest BCUT2D eigenvalue weighted by atomic mass is 14.9. The van der Waals surface area contributed by atoms with Gasteiger partial charge in [0.15, 0.2) is 0 Å². The molecular formula is C13H20N2. The summed E-state index contributed by atoms with van der Waals surface area (Å²) in [6.45, 7) is 4.58. The van der Waals surface area contributed by atoms with E-state index in [0.717, 1.165) is 5.92 Å². The van der Waals surface area contributed by atoms with E-state index >= 15 is 0 Å². The third-order valence-corrected chi connectivity index (χ3v) is 3.39. The standard InChI is InChI=1S/C13H20N2/c1-10-3-4-13(9-10)15-11(2)12-5-7-14-8-6-12/h5-8,10-11,13,15H,3-4,9H2,1-2H3/t10-,11+,13+/m1/s1. The average Bonchev–Trinajstić information content (AvgIpc) is 2.65. The van der Waals surface area contributed by atoms with E-state index in [9.17, 15) is 0 Å². The van der Waals surface area contributed by atoms with Gasteiger partial charge in [0.1, 0.15) is 0 Å². The van der Waals surface area contributed by atoms with Gasteiger partial charge in [-0.1, -0.05) is 6.92 Å². The molecule has 2 rings (SSSR count). The van der Waals surface area contributed by atoms with Crippen molar-refractivity contribution < 1.29 is 0 Å². The van der Waals surface area contributed by atoms with Crippen LogP contribution in [0, 0.1) is 5.92 Å². The monoisotopic (exact) mass is 204 g/mol. The van der Waals surface area contributed by atoms with Gasteiger partial charge in [0, 0.05) is 24.5 Å². The lowest BCUT2D eigenvalue weighted by atomic mass is 10.1. The number of aromatic nitrogens is 1. The summed E-state index contributed by atoms with van der Waals surface area (Å²) in [7, 11) is 0. The molecule has 1 heterocycles. The molecule has 0 aromatic carbocycles. The van der Waals surface area contributed by atoms with E-state index in [0.29, 0.717) is 12.1 Å². The minimum atomic E-state index is 0.447. The van der Waals surface area contributed by atoms with Crippen LogP contribution >= 0.6 is 0 Å². The molecule has 0 aliphatic heterocycles. The molecule has 82 valence electrons. The van der Waals surface area contributed by atoms with Crippen molar-refractivity contribution in [2.45, 2.75) is 45.2 Å². The maximum absolute atomic E-state index is 4.04. The van der Waals surface area contributed by atoms with Crippen LogP contribution in [0.5, 0.6) is 0 Å². The molecule has 0 saturated heterocycles. The Balaban J connectivity index is 1.90. The van der Waals surface area contributed by atoms with E-state index in [1.807, 2.05) is 12.4 Å². The van der Waals surface area contributed by atoms with Gasteiger partial charge in [-0.25, -0.2) is 0 Å². The highest BCUT2D eigenvalue weighted by molar-refractivity contribution is 5.14. The molecule has 1 saturated carbocycles. The average molecular weight is 204 g/mol. The minimum absolute atomic E-state index is 0.447. The lowest BCUT2D eigenvalue weighted by Gasteiger charge is -2.19. The van der Waals surface area contributed by atoms with E-state index in [1.165, 1.54) is 24.8 Å². The molecule has 3 atom stereocenters. The molecule has 1 N–H and O–H groups in total. The number of hydrogen-bond donors (Lipinski definition) is 1. The molecule has 1 aliphatic rings. The van der Waals surface area contributed by atoms with Gasteiger partial charge in [-0.2, -0.15) is 0 Å². The van der Waals surface area contributed by atoms with Gasteiger partial charge < -0.3 is 5.32 Å². The van der Waals surface area contributed by atoms with Gasteiger partial charge in [0.2, 0.25) is 0 Å². The second-order valence-corrected chi connectivity index (χ2v) is 4.78. The van der Waals surface area contributed by atoms with E-state index < -0.39 is 0 Å². The van der Waals surface area contributed by atoms with Gasteiger partial charge >= 0.3 is 0 Å². The van der Waals surface area contributed by atoms with Crippen LogP contribution in [-0.2, 0) is 0 Å². The van der Waals surface area contributed by atoms with Crippen LogP contribution in [0.4, 0.5) is 0 Å². The molecule has 0 bridgehead atoms. The predicted molar refractivity (Wildman–Crippen MR) is 62.6 cm³/mol. The van der Waals surface area contributed by atoms with Crippen molar-refractivity contribution in [2.24, 2.45) is 5.92 Å². The summed E-state index contributed by atoms with van der Waals surface area (Å²) < 4.78 is 0. The third-order valence-electron chi connectivity index (χ3n) is 3.39. The first-order chi connectivity index (χ1) is 7.25. The van der Waals surface area contributed by atoms with Gasteiger partial charge in [-0.15, -0.1) is 0 Å². The molecule has 0 unspecified atom stereocenters. The molecule has 2 heteroatoms. The Labute approximate surface area is 92.1 Å². The normalized spacial score (nSPS) is 27.9. The maximum atomic E-state index is 4.04. The summed E-state index contributed by atoms with van der Waals surface area (Å²) in [4.78, 5) is 4.04. The molecule has 1 aliphatic carbocycles. The molecule has 1 aromatic rings. The van der Waals surface area contributed by atoms with Crippen LogP contribution < -0.4 is 5.32 Å². The van der Waals surface area contributed by atoms with Crippen LogP contribution in [0.3, 0.4) is 0 Å². The predicted octanol–water partition coefficient (Wildman–Crippen LogP) is 2.92. The Morgan fingerprint density at radius 2 is 2.07 bits per heavy atom. The van der Waals surface area contributed by atoms with E-state index in [4.69, 9.17) is 0 Å². The SMILES string of the molecule is C[C@@H]1CC[C@H](N[C@@H](C)c2ccncc2)C1. The second-order valence-electron chi connectivity index (χ2n) is 4.78. The number of hydrogen-bond acceptors (Lipinski definition) is 2. The lowest BCUT2D eigenvalue weighted by molar-refractivity contribution is 0.449. The van der Waals surface area contributed by atoms with Gasteiger partial charge in [-0.3, -0.25) is 4.98 Å². The maximum Gasteiger partial charge on any atom is 0.0295 e. The highest BCUT2D eigenvalue weighted by Gasteiger charge is 2.22. The number of nitrogens with one attached hydrogen (secondary N) is 1. The molecule has 1 fully saturated rings. The molecule has 0 radical (unpaired) electrons. The largest absolute Gasteiger partial charge is 0.307 e. The first-order valence-corrected chi connectivity index (χ1v) is 5.91. The Hall–Kier alpha value is -0.890. The fourth-order valence-corrected chi connectivity index (χ4v) is 2.46. The Morgan fingerprint density at radius 1 is 1.33 bits per heavy atom. The Morgan fingerprint density at radius 3 is 2.67 bits per heavy atom. The summed E-state index contributed by atoms with van der Waals surface area (Å²) in [6.07, 6.45) is 7.77. The first kappa shape index (κ1) is 10.6. The van der Waals surface area contributed by atoms with Crippen molar-refractivity contribution in [3.8, 4) is 0 Å². The zero-order valence-corrected chi connectivity index (χ0v) is 9.61. The number of rotatable bonds is 3. The number of nitrogens with zero attached hydrogens (tertiary/aromatic N) is 1. The molecule has 0 spiro atoms. The summed E-state index contributed by atoms with van der Waals surface area (Å²) in [5.74, 6) is 0.896. The summed E-state index contributed by atoms with van der Waals surface area (Å²) in [5.41, 5.74) is 1.34. The lowest BCUT2D eigenvalue weighted by Crippen LogP contribution is -2.29. The fraction of sp³-hybridized carbons (Fsp3) is 0.615. The van der Waals surface area contributed by atoms with Crippen molar-refractivity contribution in [2.75, 3.05) is 0 Å². The smallest absolute Gasteiger partial charge is 0.0295 e. The molecule has 15 heavy (non-hydrogen) atoms. The minimum Gasteiger partial charge on any atom is -0.307 e. The molecule has 2 nitrogen and oxygen atoms in total. The van der Waals surface area contributed by atoms with Crippen LogP contribution in [-0.4, -0.2) is 11.0 Å². The van der Waals surface area contributed by atoms with E-state index in [2.05, 4.69) is 36.3 Å². The second kappa shape index (κ2) is 4.75. The van der Waals surface area contributed by atoms with Crippen LogP contribution in [0.2, 0.25) is 0 Å². The summed E-state index contributed by atoms with van der Waals surface area (Å²) in [6, 6.07) is 5.35. The zero-order valence-electron chi connectivity index (χ0n) is 9.61. The van der Waals surface area contributed by atoms with Crippen LogP contribution in [0.15, 0.2) is 24.5 Å². The van der Waals surface area contributed by atoms with Gasteiger partial charge in [0.25, 0.3) is 0 Å². The fourth-order valence-electron chi connectivity index (χ4n) is 2.46. The van der Waals surface area contributed by atoms with Crippen LogP contribution in [0.25, 0.3) is 0 Å². The molecular weight excluding hydrogens is 184 g/mol. The zero-order chi connectivity index (χ0) is 10.7. The molecule has 0 amide bonds. The van der Waals surface area contributed by atoms with Crippen molar-refractivity contribution in [1.29, 1.82) is 0 Å². The van der Waals surface area contributed by atoms with Crippen LogP contribution in [0.1, 0.15) is 44.7 Å². The third kappa shape index (κ3) is 2.78. The van der Waals surface area contributed by atoms with Gasteiger partial charge in [0.05, 0.1) is 0 Å². The van der Waals surface area contributed by atoms with E-state index in [-0.39, 0.29) is 0 Å². The topological polar surface area (TPSA) is 24.9 Å². The quantitative estimate of drug-likeness (QED) is 0.819.